The van der Waals surface area contributed by atoms with Crippen molar-refractivity contribution in [1.82, 2.24) is 34.5 Å². The molecule has 0 saturated heterocycles. The summed E-state index contributed by atoms with van der Waals surface area (Å²) in [6, 6.07) is 3.86. The number of aryl methyl sites for hydroxylation is 3. The molecule has 8 nitrogen and oxygen atoms in total. The van der Waals surface area contributed by atoms with Crippen molar-refractivity contribution in [3.8, 4) is 11.4 Å². The number of aromatic nitrogens is 7. The van der Waals surface area contributed by atoms with Crippen LogP contribution in [0, 0.1) is 0 Å². The average Bonchev–Trinajstić information content (AvgIpc) is 3.27. The maximum absolute atomic E-state index is 4.82. The van der Waals surface area contributed by atoms with Gasteiger partial charge in [-0.3, -0.25) is 14.3 Å². The Morgan fingerprint density at radius 3 is 2.70 bits per heavy atom. The average molecular weight is 362 g/mol. The summed E-state index contributed by atoms with van der Waals surface area (Å²) in [5.74, 6) is 1.55. The molecule has 0 fully saturated rings. The number of anilines is 1. The van der Waals surface area contributed by atoms with Gasteiger partial charge in [-0.15, -0.1) is 0 Å². The van der Waals surface area contributed by atoms with Gasteiger partial charge in [0, 0.05) is 51.8 Å². The lowest BCUT2D eigenvalue weighted by Crippen LogP contribution is -2.21. The first-order valence-corrected chi connectivity index (χ1v) is 8.90. The van der Waals surface area contributed by atoms with Gasteiger partial charge in [-0.1, -0.05) is 0 Å². The van der Waals surface area contributed by atoms with E-state index in [4.69, 9.17) is 9.97 Å². The fourth-order valence-corrected chi connectivity index (χ4v) is 3.15. The van der Waals surface area contributed by atoms with Gasteiger partial charge in [0.25, 0.3) is 0 Å². The fourth-order valence-electron chi connectivity index (χ4n) is 3.15. The van der Waals surface area contributed by atoms with E-state index in [1.54, 1.807) is 17.1 Å². The van der Waals surface area contributed by atoms with E-state index in [0.29, 0.717) is 5.82 Å². The quantitative estimate of drug-likeness (QED) is 0.523. The van der Waals surface area contributed by atoms with Crippen LogP contribution in [0.2, 0.25) is 0 Å². The van der Waals surface area contributed by atoms with E-state index in [-0.39, 0.29) is 0 Å². The van der Waals surface area contributed by atoms with Gasteiger partial charge in [0.2, 0.25) is 0 Å². The summed E-state index contributed by atoms with van der Waals surface area (Å²) in [5.41, 5.74) is 2.96. The van der Waals surface area contributed by atoms with Crippen LogP contribution in [-0.4, -0.2) is 48.1 Å². The van der Waals surface area contributed by atoms with Gasteiger partial charge in [-0.25, -0.2) is 9.97 Å². The monoisotopic (exact) mass is 362 g/mol. The van der Waals surface area contributed by atoms with E-state index in [2.05, 4.69) is 33.3 Å². The first-order chi connectivity index (χ1) is 13.1. The highest BCUT2D eigenvalue weighted by molar-refractivity contribution is 5.88. The Morgan fingerprint density at radius 2 is 1.96 bits per heavy atom. The molecule has 0 N–H and O–H groups in total. The van der Waals surface area contributed by atoms with Crippen molar-refractivity contribution in [2.24, 2.45) is 14.1 Å². The number of pyridine rings is 1. The zero-order valence-corrected chi connectivity index (χ0v) is 15.7. The third-order valence-corrected chi connectivity index (χ3v) is 4.57. The minimum Gasteiger partial charge on any atom is -0.359 e. The largest absolute Gasteiger partial charge is 0.359 e. The minimum absolute atomic E-state index is 0.660. The summed E-state index contributed by atoms with van der Waals surface area (Å²) in [6.07, 6.45) is 11.3. The number of hydrogen-bond acceptors (Lipinski definition) is 6. The fraction of sp³-hybridized carbons (Fsp3) is 0.316. The van der Waals surface area contributed by atoms with Crippen LogP contribution >= 0.6 is 0 Å². The van der Waals surface area contributed by atoms with E-state index in [0.717, 1.165) is 41.8 Å². The van der Waals surface area contributed by atoms with Gasteiger partial charge in [-0.05, 0) is 30.5 Å². The molecule has 8 heteroatoms. The molecule has 4 rings (SSSR count). The van der Waals surface area contributed by atoms with Gasteiger partial charge in [0.1, 0.15) is 5.82 Å². The minimum atomic E-state index is 0.660. The maximum atomic E-state index is 4.82. The first kappa shape index (κ1) is 17.1. The van der Waals surface area contributed by atoms with Crippen molar-refractivity contribution in [2.75, 3.05) is 18.5 Å². The normalized spacial score (nSPS) is 11.2. The number of nitrogens with zero attached hydrogens (tertiary/aromatic N) is 8. The van der Waals surface area contributed by atoms with E-state index in [9.17, 15) is 0 Å². The summed E-state index contributed by atoms with van der Waals surface area (Å²) in [6.45, 7) is 0.877. The van der Waals surface area contributed by atoms with Crippen molar-refractivity contribution in [1.29, 1.82) is 0 Å². The molecule has 0 aliphatic heterocycles. The molecule has 0 radical (unpaired) electrons. The molecule has 0 atom stereocenters. The lowest BCUT2D eigenvalue weighted by molar-refractivity contribution is 0.761. The van der Waals surface area contributed by atoms with Crippen molar-refractivity contribution in [3.63, 3.8) is 0 Å². The molecule has 0 bridgehead atoms. The molecule has 138 valence electrons. The van der Waals surface area contributed by atoms with Gasteiger partial charge < -0.3 is 4.90 Å². The summed E-state index contributed by atoms with van der Waals surface area (Å²) in [7, 11) is 5.90. The Morgan fingerprint density at radius 1 is 1.07 bits per heavy atom. The molecule has 0 aromatic carbocycles. The summed E-state index contributed by atoms with van der Waals surface area (Å²) in [4.78, 5) is 15.9. The van der Waals surface area contributed by atoms with Crippen LogP contribution in [-0.2, 0) is 20.5 Å². The summed E-state index contributed by atoms with van der Waals surface area (Å²) in [5, 5.41) is 9.54. The standard InChI is InChI=1S/C19H22N8/c1-25(9-5-6-14-10-21-26(2)13-14)18-16-12-22-27(3)19(16)24-17(23-18)15-7-4-8-20-11-15/h4,7-8,10-13H,5-6,9H2,1-3H3. The van der Waals surface area contributed by atoms with E-state index in [1.165, 1.54) is 5.56 Å². The van der Waals surface area contributed by atoms with Crippen LogP contribution in [0.3, 0.4) is 0 Å². The highest BCUT2D eigenvalue weighted by Gasteiger charge is 2.16. The molecule has 4 aromatic rings. The van der Waals surface area contributed by atoms with Crippen LogP contribution in [0.1, 0.15) is 12.0 Å². The van der Waals surface area contributed by atoms with Crippen LogP contribution in [0.4, 0.5) is 5.82 Å². The number of hydrogen-bond donors (Lipinski definition) is 0. The first-order valence-electron chi connectivity index (χ1n) is 8.90. The molecule has 0 spiro atoms. The highest BCUT2D eigenvalue weighted by atomic mass is 15.3. The Kier molecular flexibility index (Phi) is 4.53. The zero-order valence-electron chi connectivity index (χ0n) is 15.7. The van der Waals surface area contributed by atoms with E-state index in [1.807, 2.05) is 43.3 Å². The molecule has 0 unspecified atom stereocenters. The molecule has 0 aliphatic rings. The Balaban J connectivity index is 1.61. The van der Waals surface area contributed by atoms with Crippen LogP contribution in [0.5, 0.6) is 0 Å². The Hall–Kier alpha value is -3.29. The molecular weight excluding hydrogens is 340 g/mol. The molecule has 4 heterocycles. The third-order valence-electron chi connectivity index (χ3n) is 4.57. The second kappa shape index (κ2) is 7.14. The summed E-state index contributed by atoms with van der Waals surface area (Å²) < 4.78 is 3.62. The molecule has 0 amide bonds. The SMILES string of the molecule is CN(CCCc1cnn(C)c1)c1nc(-c2cccnc2)nc2c1cnn2C. The molecule has 4 aromatic heterocycles. The molecule has 0 aliphatic carbocycles. The lowest BCUT2D eigenvalue weighted by Gasteiger charge is -2.19. The second-order valence-corrected chi connectivity index (χ2v) is 6.67. The van der Waals surface area contributed by atoms with Crippen LogP contribution in [0.15, 0.2) is 43.1 Å². The molecule has 27 heavy (non-hydrogen) atoms. The third kappa shape index (κ3) is 3.51. The number of fused-ring (bicyclic) bond motifs is 1. The Labute approximate surface area is 157 Å². The molecular formula is C19H22N8. The van der Waals surface area contributed by atoms with Gasteiger partial charge in [0.15, 0.2) is 11.5 Å². The van der Waals surface area contributed by atoms with Gasteiger partial charge in [-0.2, -0.15) is 10.2 Å². The van der Waals surface area contributed by atoms with Gasteiger partial charge >= 0.3 is 0 Å². The smallest absolute Gasteiger partial charge is 0.165 e. The lowest BCUT2D eigenvalue weighted by atomic mass is 10.2. The van der Waals surface area contributed by atoms with E-state index >= 15 is 0 Å². The highest BCUT2D eigenvalue weighted by Crippen LogP contribution is 2.26. The Bertz CT molecular complexity index is 1050. The van der Waals surface area contributed by atoms with Crippen LogP contribution in [0.25, 0.3) is 22.4 Å². The van der Waals surface area contributed by atoms with Crippen molar-refractivity contribution < 1.29 is 0 Å². The van der Waals surface area contributed by atoms with E-state index < -0.39 is 0 Å². The maximum Gasteiger partial charge on any atom is 0.165 e. The van der Waals surface area contributed by atoms with Crippen molar-refractivity contribution >= 4 is 16.9 Å². The molecule has 0 saturated carbocycles. The predicted molar refractivity (Wildman–Crippen MR) is 104 cm³/mol. The van der Waals surface area contributed by atoms with Gasteiger partial charge in [0.05, 0.1) is 17.8 Å². The van der Waals surface area contributed by atoms with Crippen molar-refractivity contribution in [2.45, 2.75) is 12.8 Å². The second-order valence-electron chi connectivity index (χ2n) is 6.67. The topological polar surface area (TPSA) is 77.6 Å². The van der Waals surface area contributed by atoms with Crippen molar-refractivity contribution in [3.05, 3.63) is 48.7 Å². The number of rotatable bonds is 6. The zero-order chi connectivity index (χ0) is 18.8. The van der Waals surface area contributed by atoms with Crippen LogP contribution < -0.4 is 4.90 Å². The summed E-state index contributed by atoms with van der Waals surface area (Å²) >= 11 is 0. The predicted octanol–water partition coefficient (Wildman–Crippen LogP) is 2.23.